The van der Waals surface area contributed by atoms with Gasteiger partial charge in [-0.2, -0.15) is 8.42 Å². The predicted molar refractivity (Wildman–Crippen MR) is 79.3 cm³/mol. The molecule has 0 aliphatic heterocycles. The zero-order valence-corrected chi connectivity index (χ0v) is 13.1. The van der Waals surface area contributed by atoms with Gasteiger partial charge in [-0.1, -0.05) is 17.7 Å². The first-order valence-corrected chi connectivity index (χ1v) is 9.01. The maximum atomic E-state index is 12.2. The number of hydrogen-bond donors (Lipinski definition) is 1. The molecule has 2 bridgehead atoms. The van der Waals surface area contributed by atoms with Gasteiger partial charge >= 0.3 is 0 Å². The number of aryl methyl sites for hydroxylation is 1. The van der Waals surface area contributed by atoms with E-state index in [1.807, 2.05) is 6.92 Å². The number of aliphatic hydroxyl groups is 1. The fraction of sp³-hybridized carbons (Fsp3) is 0.625. The maximum absolute atomic E-state index is 12.2. The Labute approximate surface area is 126 Å². The standard InChI is InChI=1S/C16H22O4S/c1-11-2-5-14(6-3-11)21(18,19)20-10-13-8-12-4-7-15(13)16(17)9-12/h2-3,5-6,12-13,15-17H,4,7-10H2,1H3/t12-,13-,15+,16+/m1/s1. The molecular weight excluding hydrogens is 288 g/mol. The van der Waals surface area contributed by atoms with Crippen molar-refractivity contribution < 1.29 is 17.7 Å². The van der Waals surface area contributed by atoms with Gasteiger partial charge in [-0.05, 0) is 62.5 Å². The number of hydrogen-bond acceptors (Lipinski definition) is 4. The van der Waals surface area contributed by atoms with Crippen LogP contribution in [-0.2, 0) is 14.3 Å². The molecule has 0 saturated heterocycles. The summed E-state index contributed by atoms with van der Waals surface area (Å²) in [5.74, 6) is 0.886. The molecule has 0 unspecified atom stereocenters. The summed E-state index contributed by atoms with van der Waals surface area (Å²) in [6.45, 7) is 2.10. The van der Waals surface area contributed by atoms with E-state index in [0.717, 1.165) is 31.2 Å². The van der Waals surface area contributed by atoms with Gasteiger partial charge in [0, 0.05) is 0 Å². The summed E-state index contributed by atoms with van der Waals surface area (Å²) in [5.41, 5.74) is 1.02. The fourth-order valence-corrected chi connectivity index (χ4v) is 4.72. The summed E-state index contributed by atoms with van der Waals surface area (Å²) >= 11 is 0. The summed E-state index contributed by atoms with van der Waals surface area (Å²) in [6.07, 6.45) is 3.71. The lowest BCUT2D eigenvalue weighted by atomic mass is 9.63. The van der Waals surface area contributed by atoms with Crippen LogP contribution < -0.4 is 0 Å². The van der Waals surface area contributed by atoms with Gasteiger partial charge in [-0.15, -0.1) is 0 Å². The van der Waals surface area contributed by atoms with Crippen LogP contribution in [0.25, 0.3) is 0 Å². The van der Waals surface area contributed by atoms with E-state index in [2.05, 4.69) is 0 Å². The molecule has 116 valence electrons. The van der Waals surface area contributed by atoms with Gasteiger partial charge in [0.1, 0.15) is 0 Å². The van der Waals surface area contributed by atoms with E-state index in [-0.39, 0.29) is 29.4 Å². The summed E-state index contributed by atoms with van der Waals surface area (Å²) in [4.78, 5) is 0.203. The smallest absolute Gasteiger partial charge is 0.296 e. The molecule has 4 atom stereocenters. The van der Waals surface area contributed by atoms with Crippen LogP contribution in [0, 0.1) is 24.7 Å². The minimum Gasteiger partial charge on any atom is -0.393 e. The average Bonchev–Trinajstić information content (AvgIpc) is 2.46. The minimum absolute atomic E-state index is 0.160. The summed E-state index contributed by atoms with van der Waals surface area (Å²) in [5, 5.41) is 10.0. The van der Waals surface area contributed by atoms with Crippen molar-refractivity contribution in [3.8, 4) is 0 Å². The van der Waals surface area contributed by atoms with Crippen LogP contribution in [0.5, 0.6) is 0 Å². The molecule has 0 heterocycles. The van der Waals surface area contributed by atoms with E-state index in [1.165, 1.54) is 0 Å². The molecule has 4 rings (SSSR count). The summed E-state index contributed by atoms with van der Waals surface area (Å²) in [6, 6.07) is 6.68. The van der Waals surface area contributed by atoms with Gasteiger partial charge in [-0.3, -0.25) is 4.18 Å². The van der Waals surface area contributed by atoms with E-state index in [1.54, 1.807) is 24.3 Å². The van der Waals surface area contributed by atoms with Gasteiger partial charge in [0.2, 0.25) is 0 Å². The largest absolute Gasteiger partial charge is 0.393 e. The number of fused-ring (bicyclic) bond motifs is 3. The Bertz CT molecular complexity index is 593. The first-order valence-electron chi connectivity index (χ1n) is 7.60. The molecule has 3 aliphatic carbocycles. The Morgan fingerprint density at radius 3 is 2.52 bits per heavy atom. The van der Waals surface area contributed by atoms with Crippen LogP contribution >= 0.6 is 0 Å². The molecule has 0 aromatic heterocycles. The van der Waals surface area contributed by atoms with Crippen LogP contribution in [0.2, 0.25) is 0 Å². The van der Waals surface area contributed by atoms with Gasteiger partial charge in [0.15, 0.2) is 0 Å². The number of rotatable bonds is 4. The normalized spacial score (nSPS) is 32.3. The maximum Gasteiger partial charge on any atom is 0.296 e. The van der Waals surface area contributed by atoms with Gasteiger partial charge in [0.25, 0.3) is 10.1 Å². The Hall–Kier alpha value is -0.910. The van der Waals surface area contributed by atoms with Crippen LogP contribution in [-0.4, -0.2) is 26.2 Å². The Morgan fingerprint density at radius 2 is 1.90 bits per heavy atom. The molecule has 1 N–H and O–H groups in total. The highest BCUT2D eigenvalue weighted by Crippen LogP contribution is 2.45. The second-order valence-corrected chi connectivity index (χ2v) is 8.07. The van der Waals surface area contributed by atoms with E-state index in [9.17, 15) is 13.5 Å². The Balaban J connectivity index is 1.65. The molecule has 3 aliphatic rings. The SMILES string of the molecule is Cc1ccc(S(=O)(=O)OC[C@H]2C[C@H]3CC[C@@H]2[C@@H](O)C3)cc1. The van der Waals surface area contributed by atoms with Crippen LogP contribution in [0.4, 0.5) is 0 Å². The third-order valence-electron chi connectivity index (χ3n) is 4.97. The lowest BCUT2D eigenvalue weighted by molar-refractivity contribution is -0.0485. The molecule has 5 heteroatoms. The van der Waals surface area contributed by atoms with Crippen molar-refractivity contribution in [2.75, 3.05) is 6.61 Å². The third kappa shape index (κ3) is 3.15. The first kappa shape index (κ1) is 15.0. The van der Waals surface area contributed by atoms with Crippen molar-refractivity contribution in [3.05, 3.63) is 29.8 Å². The Kier molecular flexibility index (Phi) is 4.08. The van der Waals surface area contributed by atoms with E-state index in [0.29, 0.717) is 5.92 Å². The highest BCUT2D eigenvalue weighted by Gasteiger charge is 2.41. The minimum atomic E-state index is -3.69. The second kappa shape index (κ2) is 5.71. The molecular formula is C16H22O4S. The first-order chi connectivity index (χ1) is 9.95. The highest BCUT2D eigenvalue weighted by atomic mass is 32.2. The molecule has 0 spiro atoms. The van der Waals surface area contributed by atoms with E-state index >= 15 is 0 Å². The van der Waals surface area contributed by atoms with E-state index < -0.39 is 10.1 Å². The topological polar surface area (TPSA) is 63.6 Å². The molecule has 0 radical (unpaired) electrons. The zero-order valence-electron chi connectivity index (χ0n) is 12.2. The number of aliphatic hydroxyl groups excluding tert-OH is 1. The van der Waals surface area contributed by atoms with Crippen LogP contribution in [0.3, 0.4) is 0 Å². The predicted octanol–water partition coefficient (Wildman–Crippen LogP) is 2.50. The lowest BCUT2D eigenvalue weighted by Crippen LogP contribution is -2.43. The monoisotopic (exact) mass is 310 g/mol. The van der Waals surface area contributed by atoms with Crippen molar-refractivity contribution in [2.45, 2.75) is 43.6 Å². The average molecular weight is 310 g/mol. The second-order valence-electron chi connectivity index (χ2n) is 6.46. The number of benzene rings is 1. The van der Waals surface area contributed by atoms with Gasteiger partial charge in [-0.25, -0.2) is 0 Å². The molecule has 3 saturated carbocycles. The van der Waals surface area contributed by atoms with Gasteiger partial charge in [0.05, 0.1) is 17.6 Å². The summed E-state index contributed by atoms with van der Waals surface area (Å²) < 4.78 is 29.6. The zero-order chi connectivity index (χ0) is 15.0. The van der Waals surface area contributed by atoms with Crippen molar-refractivity contribution in [1.29, 1.82) is 0 Å². The van der Waals surface area contributed by atoms with Crippen molar-refractivity contribution in [1.82, 2.24) is 0 Å². The molecule has 1 aromatic carbocycles. The quantitative estimate of drug-likeness (QED) is 0.868. The van der Waals surface area contributed by atoms with Crippen LogP contribution in [0.1, 0.15) is 31.2 Å². The lowest BCUT2D eigenvalue weighted by Gasteiger charge is -2.45. The van der Waals surface area contributed by atoms with E-state index in [4.69, 9.17) is 4.18 Å². The van der Waals surface area contributed by atoms with Crippen molar-refractivity contribution in [3.63, 3.8) is 0 Å². The van der Waals surface area contributed by atoms with Crippen molar-refractivity contribution >= 4 is 10.1 Å². The molecule has 0 amide bonds. The third-order valence-corrected chi connectivity index (χ3v) is 6.26. The fourth-order valence-electron chi connectivity index (χ4n) is 3.76. The van der Waals surface area contributed by atoms with Crippen molar-refractivity contribution in [2.24, 2.45) is 17.8 Å². The van der Waals surface area contributed by atoms with Gasteiger partial charge < -0.3 is 5.11 Å². The Morgan fingerprint density at radius 1 is 1.19 bits per heavy atom. The molecule has 1 aromatic rings. The highest BCUT2D eigenvalue weighted by molar-refractivity contribution is 7.86. The van der Waals surface area contributed by atoms with Crippen LogP contribution in [0.15, 0.2) is 29.2 Å². The summed E-state index contributed by atoms with van der Waals surface area (Å²) in [7, 11) is -3.69. The molecule has 4 nitrogen and oxygen atoms in total. The molecule has 21 heavy (non-hydrogen) atoms. The molecule has 3 fully saturated rings.